The number of benzene rings is 1. The van der Waals surface area contributed by atoms with E-state index in [1.54, 1.807) is 24.3 Å². The van der Waals surface area contributed by atoms with Crippen LogP contribution in [0.15, 0.2) is 41.3 Å². The zero-order valence-electron chi connectivity index (χ0n) is 12.8. The lowest BCUT2D eigenvalue weighted by Gasteiger charge is -2.20. The van der Waals surface area contributed by atoms with Gasteiger partial charge in [0.1, 0.15) is 5.00 Å². The van der Waals surface area contributed by atoms with Gasteiger partial charge in [0.05, 0.1) is 10.5 Å². The highest BCUT2D eigenvalue weighted by atomic mass is 32.2. The van der Waals surface area contributed by atoms with Crippen LogP contribution in [0.2, 0.25) is 0 Å². The van der Waals surface area contributed by atoms with Gasteiger partial charge < -0.3 is 9.84 Å². The second-order valence-electron chi connectivity index (χ2n) is 5.50. The highest BCUT2D eigenvalue weighted by Gasteiger charge is 2.25. The molecule has 0 aliphatic carbocycles. The summed E-state index contributed by atoms with van der Waals surface area (Å²) in [6.45, 7) is 1.27. The van der Waals surface area contributed by atoms with Gasteiger partial charge in [0.25, 0.3) is 10.0 Å². The Morgan fingerprint density at radius 1 is 1.21 bits per heavy atom. The third-order valence-corrected chi connectivity index (χ3v) is 6.59. The Morgan fingerprint density at radius 2 is 1.88 bits per heavy atom. The first-order chi connectivity index (χ1) is 11.5. The van der Waals surface area contributed by atoms with Crippen LogP contribution in [0.4, 0.5) is 5.00 Å². The number of ether oxygens (including phenoxy) is 1. The number of sulfonamides is 1. The summed E-state index contributed by atoms with van der Waals surface area (Å²) >= 11 is 1.19. The van der Waals surface area contributed by atoms with Gasteiger partial charge in [0, 0.05) is 18.1 Å². The Labute approximate surface area is 144 Å². The summed E-state index contributed by atoms with van der Waals surface area (Å²) in [6, 6.07) is 9.47. The lowest BCUT2D eigenvalue weighted by atomic mass is 9.98. The van der Waals surface area contributed by atoms with Gasteiger partial charge in [-0.25, -0.2) is 13.2 Å². The molecule has 1 aliphatic rings. The lowest BCUT2D eigenvalue weighted by Crippen LogP contribution is -2.13. The number of hydrogen-bond acceptors (Lipinski definition) is 5. The average Bonchev–Trinajstić information content (AvgIpc) is 3.00. The van der Waals surface area contributed by atoms with Crippen LogP contribution in [0, 0.1) is 0 Å². The number of anilines is 1. The molecule has 0 saturated carbocycles. The van der Waals surface area contributed by atoms with Crippen molar-refractivity contribution >= 4 is 32.3 Å². The van der Waals surface area contributed by atoms with Gasteiger partial charge in [-0.05, 0) is 37.0 Å². The molecule has 1 aromatic carbocycles. The second-order valence-corrected chi connectivity index (χ2v) is 8.27. The molecule has 0 radical (unpaired) electrons. The van der Waals surface area contributed by atoms with E-state index < -0.39 is 16.0 Å². The highest BCUT2D eigenvalue weighted by molar-refractivity contribution is 7.93. The zero-order chi connectivity index (χ0) is 17.2. The summed E-state index contributed by atoms with van der Waals surface area (Å²) in [6.07, 6.45) is 1.62. The quantitative estimate of drug-likeness (QED) is 0.847. The topological polar surface area (TPSA) is 92.7 Å². The van der Waals surface area contributed by atoms with Crippen molar-refractivity contribution in [1.82, 2.24) is 0 Å². The van der Waals surface area contributed by atoms with E-state index >= 15 is 0 Å². The van der Waals surface area contributed by atoms with E-state index in [9.17, 15) is 18.3 Å². The van der Waals surface area contributed by atoms with Gasteiger partial charge in [-0.3, -0.25) is 4.72 Å². The van der Waals surface area contributed by atoms with E-state index in [1.165, 1.54) is 23.5 Å². The van der Waals surface area contributed by atoms with Crippen molar-refractivity contribution in [2.75, 3.05) is 17.9 Å². The molecule has 0 unspecified atom stereocenters. The summed E-state index contributed by atoms with van der Waals surface area (Å²) in [4.78, 5) is 12.5. The summed E-state index contributed by atoms with van der Waals surface area (Å²) < 4.78 is 32.6. The van der Waals surface area contributed by atoms with Crippen molar-refractivity contribution in [3.8, 4) is 0 Å². The predicted molar refractivity (Wildman–Crippen MR) is 91.3 cm³/mol. The largest absolute Gasteiger partial charge is 0.478 e. The summed E-state index contributed by atoms with van der Waals surface area (Å²) in [5, 5.41) is 9.54. The van der Waals surface area contributed by atoms with E-state index in [-0.39, 0.29) is 21.4 Å². The molecular formula is C16H17NO5S2. The van der Waals surface area contributed by atoms with Crippen LogP contribution < -0.4 is 4.72 Å². The number of carboxylic acid groups (broad SMARTS) is 1. The maximum Gasteiger partial charge on any atom is 0.338 e. The molecule has 6 nitrogen and oxygen atoms in total. The van der Waals surface area contributed by atoms with Crippen LogP contribution >= 0.6 is 11.3 Å². The molecule has 0 bridgehead atoms. The molecule has 2 heterocycles. The van der Waals surface area contributed by atoms with Gasteiger partial charge in [0.15, 0.2) is 0 Å². The van der Waals surface area contributed by atoms with Crippen LogP contribution in [0.3, 0.4) is 0 Å². The first-order valence-corrected chi connectivity index (χ1v) is 9.80. The monoisotopic (exact) mass is 367 g/mol. The fraction of sp³-hybridized carbons (Fsp3) is 0.312. The van der Waals surface area contributed by atoms with Crippen molar-refractivity contribution in [1.29, 1.82) is 0 Å². The molecular weight excluding hydrogens is 350 g/mol. The van der Waals surface area contributed by atoms with Gasteiger partial charge in [0.2, 0.25) is 0 Å². The summed E-state index contributed by atoms with van der Waals surface area (Å²) in [7, 11) is -3.81. The highest BCUT2D eigenvalue weighted by Crippen LogP contribution is 2.38. The molecule has 1 fully saturated rings. The minimum atomic E-state index is -3.81. The maximum atomic E-state index is 12.4. The Kier molecular flexibility index (Phi) is 4.88. The Bertz CT molecular complexity index is 823. The molecule has 0 amide bonds. The first kappa shape index (κ1) is 16.9. The minimum absolute atomic E-state index is 0.0130. The Balaban J connectivity index is 1.92. The third kappa shape index (κ3) is 3.61. The molecule has 24 heavy (non-hydrogen) atoms. The molecule has 2 N–H and O–H groups in total. The van der Waals surface area contributed by atoms with Crippen LogP contribution in [0.5, 0.6) is 0 Å². The molecule has 3 rings (SSSR count). The molecule has 2 aromatic rings. The fourth-order valence-corrected chi connectivity index (χ4v) is 5.16. The van der Waals surface area contributed by atoms with E-state index in [0.717, 1.165) is 17.7 Å². The van der Waals surface area contributed by atoms with Crippen molar-refractivity contribution in [3.05, 3.63) is 46.8 Å². The number of thiophene rings is 1. The van der Waals surface area contributed by atoms with E-state index in [2.05, 4.69) is 4.72 Å². The van der Waals surface area contributed by atoms with Gasteiger partial charge in [-0.15, -0.1) is 11.3 Å². The number of rotatable bonds is 5. The van der Waals surface area contributed by atoms with Gasteiger partial charge in [-0.1, -0.05) is 18.2 Å². The Hall–Kier alpha value is -1.90. The van der Waals surface area contributed by atoms with Crippen LogP contribution in [0.25, 0.3) is 0 Å². The van der Waals surface area contributed by atoms with Crippen molar-refractivity contribution < 1.29 is 23.1 Å². The van der Waals surface area contributed by atoms with Crippen LogP contribution in [-0.4, -0.2) is 32.7 Å². The van der Waals surface area contributed by atoms with E-state index in [0.29, 0.717) is 13.2 Å². The summed E-state index contributed by atoms with van der Waals surface area (Å²) in [5.74, 6) is -0.938. The standard InChI is InChI=1S/C16H17NO5S2/c18-16(19)13-10-14(11-6-8-22-9-7-11)23-15(13)17-24(20,21)12-4-2-1-3-5-12/h1-5,10-11,17H,6-9H2,(H,18,19). The number of carbonyl (C=O) groups is 1. The van der Waals surface area contributed by atoms with Crippen molar-refractivity contribution in [2.24, 2.45) is 0 Å². The maximum absolute atomic E-state index is 12.4. The third-order valence-electron chi connectivity index (χ3n) is 3.89. The smallest absolute Gasteiger partial charge is 0.338 e. The first-order valence-electron chi connectivity index (χ1n) is 7.50. The van der Waals surface area contributed by atoms with Gasteiger partial charge >= 0.3 is 5.97 Å². The molecule has 0 atom stereocenters. The van der Waals surface area contributed by atoms with Crippen molar-refractivity contribution in [3.63, 3.8) is 0 Å². The predicted octanol–water partition coefficient (Wildman–Crippen LogP) is 3.14. The van der Waals surface area contributed by atoms with Crippen molar-refractivity contribution in [2.45, 2.75) is 23.7 Å². The summed E-state index contributed by atoms with van der Waals surface area (Å²) in [5.41, 5.74) is -0.0130. The zero-order valence-corrected chi connectivity index (χ0v) is 14.4. The van der Waals surface area contributed by atoms with Gasteiger partial charge in [-0.2, -0.15) is 0 Å². The fourth-order valence-electron chi connectivity index (χ4n) is 2.61. The molecule has 8 heteroatoms. The normalized spacial score (nSPS) is 16.0. The van der Waals surface area contributed by atoms with Crippen LogP contribution in [-0.2, 0) is 14.8 Å². The van der Waals surface area contributed by atoms with Crippen LogP contribution in [0.1, 0.15) is 34.0 Å². The number of hydrogen-bond donors (Lipinski definition) is 2. The molecule has 0 spiro atoms. The molecule has 1 saturated heterocycles. The number of aromatic carboxylic acids is 1. The minimum Gasteiger partial charge on any atom is -0.478 e. The number of nitrogens with one attached hydrogen (secondary N) is 1. The lowest BCUT2D eigenvalue weighted by molar-refractivity contribution is 0.0698. The SMILES string of the molecule is O=C(O)c1cc(C2CCOCC2)sc1NS(=O)(=O)c1ccccc1. The molecule has 1 aliphatic heterocycles. The molecule has 1 aromatic heterocycles. The van der Waals surface area contributed by atoms with E-state index in [4.69, 9.17) is 4.74 Å². The molecule has 128 valence electrons. The Morgan fingerprint density at radius 3 is 2.50 bits per heavy atom. The second kappa shape index (κ2) is 6.92. The van der Waals surface area contributed by atoms with E-state index in [1.807, 2.05) is 0 Å². The number of carboxylic acids is 1. The average molecular weight is 367 g/mol.